The number of hydrogen-bond donors (Lipinski definition) is 7. The molecule has 0 saturated heterocycles. The molecule has 0 bridgehead atoms. The van der Waals surface area contributed by atoms with Gasteiger partial charge in [0.25, 0.3) is 5.79 Å². The minimum Gasteiger partial charge on any atom is -0.478 e. The molecule has 0 aliphatic carbocycles. The number of hydrogen-bond acceptors (Lipinski definition) is 7. The molecule has 1 unspecified atom stereocenters. The fraction of sp³-hybridized carbons (Fsp3) is 0.571. The molecule has 15 heavy (non-hydrogen) atoms. The zero-order chi connectivity index (χ0) is 12.4. The van der Waals surface area contributed by atoms with Crippen LogP contribution in [0.3, 0.4) is 0 Å². The lowest BCUT2D eigenvalue weighted by Gasteiger charge is -2.32. The molecule has 0 amide bonds. The second-order valence-electron chi connectivity index (χ2n) is 2.96. The van der Waals surface area contributed by atoms with E-state index in [0.717, 1.165) is 6.92 Å². The van der Waals surface area contributed by atoms with Crippen molar-refractivity contribution in [2.24, 2.45) is 0 Å². The fourth-order valence-electron chi connectivity index (χ4n) is 0.623. The van der Waals surface area contributed by atoms with E-state index < -0.39 is 29.4 Å². The maximum Gasteiger partial charge on any atom is 0.335 e. The van der Waals surface area contributed by atoms with Crippen molar-refractivity contribution in [2.45, 2.75) is 24.8 Å². The average molecular weight is 224 g/mol. The van der Waals surface area contributed by atoms with E-state index in [9.17, 15) is 4.79 Å². The van der Waals surface area contributed by atoms with Gasteiger partial charge in [-0.1, -0.05) is 0 Å². The minimum atomic E-state index is -3.98. The Kier molecular flexibility index (Phi) is 3.94. The van der Waals surface area contributed by atoms with Crippen LogP contribution in [0.25, 0.3) is 0 Å². The van der Waals surface area contributed by atoms with E-state index in [1.54, 1.807) is 0 Å². The van der Waals surface area contributed by atoms with Gasteiger partial charge in [0.15, 0.2) is 0 Å². The van der Waals surface area contributed by atoms with Gasteiger partial charge in [-0.15, -0.1) is 0 Å². The van der Waals surface area contributed by atoms with Crippen LogP contribution >= 0.6 is 0 Å². The molecule has 0 aromatic carbocycles. The summed E-state index contributed by atoms with van der Waals surface area (Å²) in [6.45, 7) is 1.02. The number of aliphatic hydroxyl groups is 6. The van der Waals surface area contributed by atoms with Crippen molar-refractivity contribution in [2.75, 3.05) is 0 Å². The molecule has 7 N–H and O–H groups in total. The minimum absolute atomic E-state index is 0.430. The molecule has 0 saturated carbocycles. The molecular formula is C7H12O8. The maximum atomic E-state index is 10.3. The van der Waals surface area contributed by atoms with E-state index in [-0.39, 0.29) is 0 Å². The predicted octanol–water partition coefficient (Wildman–Crippen LogP) is -3.31. The van der Waals surface area contributed by atoms with Gasteiger partial charge >= 0.3 is 11.9 Å². The smallest absolute Gasteiger partial charge is 0.335 e. The van der Waals surface area contributed by atoms with Gasteiger partial charge in [-0.2, -0.15) is 0 Å². The lowest BCUT2D eigenvalue weighted by atomic mass is 10.1. The number of carboxylic acids is 1. The first-order valence-electron chi connectivity index (χ1n) is 3.71. The summed E-state index contributed by atoms with van der Waals surface area (Å²) in [6, 6.07) is 0. The quantitative estimate of drug-likeness (QED) is 0.193. The number of rotatable bonds is 4. The number of aliphatic hydroxyl groups excluding tert-OH is 1. The highest BCUT2D eigenvalue weighted by Gasteiger charge is 2.51. The molecule has 8 heteroatoms. The van der Waals surface area contributed by atoms with Crippen molar-refractivity contribution in [1.29, 1.82) is 0 Å². The molecular weight excluding hydrogens is 212 g/mol. The van der Waals surface area contributed by atoms with Gasteiger partial charge < -0.3 is 35.7 Å². The van der Waals surface area contributed by atoms with Crippen LogP contribution in [0.2, 0.25) is 0 Å². The third-order valence-corrected chi connectivity index (χ3v) is 1.65. The average Bonchev–Trinajstić information content (AvgIpc) is 2.01. The Hall–Kier alpha value is -1.03. The van der Waals surface area contributed by atoms with Crippen LogP contribution in [0.1, 0.15) is 6.92 Å². The van der Waals surface area contributed by atoms with Gasteiger partial charge in [0, 0.05) is 5.57 Å². The second kappa shape index (κ2) is 4.23. The Morgan fingerprint density at radius 2 is 1.60 bits per heavy atom. The molecule has 0 radical (unpaired) electrons. The van der Waals surface area contributed by atoms with Crippen molar-refractivity contribution < 1.29 is 40.5 Å². The van der Waals surface area contributed by atoms with E-state index in [4.69, 9.17) is 35.7 Å². The van der Waals surface area contributed by atoms with Gasteiger partial charge in [0.05, 0.1) is 0 Å². The zero-order valence-corrected chi connectivity index (χ0v) is 7.69. The molecule has 1 atom stereocenters. The summed E-state index contributed by atoms with van der Waals surface area (Å²) in [5, 5.41) is 60.4. The van der Waals surface area contributed by atoms with Crippen molar-refractivity contribution >= 4 is 5.97 Å². The predicted molar refractivity (Wildman–Crippen MR) is 44.0 cm³/mol. The van der Waals surface area contributed by atoms with Crippen LogP contribution in [0, 0.1) is 0 Å². The molecule has 0 fully saturated rings. The van der Waals surface area contributed by atoms with E-state index >= 15 is 0 Å². The van der Waals surface area contributed by atoms with Crippen molar-refractivity contribution in [1.82, 2.24) is 0 Å². The first-order chi connectivity index (χ1) is 6.50. The van der Waals surface area contributed by atoms with Gasteiger partial charge in [-0.05, 0) is 13.0 Å². The van der Waals surface area contributed by atoms with Crippen LogP contribution in [0.15, 0.2) is 11.6 Å². The zero-order valence-electron chi connectivity index (χ0n) is 7.69. The summed E-state index contributed by atoms with van der Waals surface area (Å²) in [6.07, 6.45) is -1.96. The van der Waals surface area contributed by atoms with Crippen molar-refractivity contribution in [3.05, 3.63) is 11.6 Å². The summed E-state index contributed by atoms with van der Waals surface area (Å²) in [4.78, 5) is 10.3. The highest BCUT2D eigenvalue weighted by Crippen LogP contribution is 2.20. The Morgan fingerprint density at radius 1 is 1.20 bits per heavy atom. The van der Waals surface area contributed by atoms with E-state index in [2.05, 4.69) is 0 Å². The van der Waals surface area contributed by atoms with Crippen LogP contribution in [-0.4, -0.2) is 59.6 Å². The van der Waals surface area contributed by atoms with E-state index in [1.165, 1.54) is 0 Å². The van der Waals surface area contributed by atoms with Gasteiger partial charge in [-0.25, -0.2) is 4.79 Å². The summed E-state index contributed by atoms with van der Waals surface area (Å²) in [5.41, 5.74) is -0.473. The van der Waals surface area contributed by atoms with Gasteiger partial charge in [-0.3, -0.25) is 0 Å². The number of carbonyl (C=O) groups is 1. The van der Waals surface area contributed by atoms with Crippen LogP contribution in [0.4, 0.5) is 0 Å². The Balaban J connectivity index is 4.95. The first kappa shape index (κ1) is 14.0. The fourth-order valence-corrected chi connectivity index (χ4v) is 0.623. The molecule has 0 rings (SSSR count). The van der Waals surface area contributed by atoms with E-state index in [1.807, 2.05) is 0 Å². The maximum absolute atomic E-state index is 10.3. The lowest BCUT2D eigenvalue weighted by Crippen LogP contribution is -2.61. The Bertz CT molecular complexity index is 273. The van der Waals surface area contributed by atoms with Gasteiger partial charge in [0.2, 0.25) is 0 Å². The van der Waals surface area contributed by atoms with Crippen LogP contribution in [0.5, 0.6) is 0 Å². The standard InChI is InChI=1S/C7H12O8/c1-3(5(9)10)2-4(8)6(11,12)7(13,14)15/h2,4,8,11-15H,1H3,(H,9,10). The van der Waals surface area contributed by atoms with Crippen LogP contribution < -0.4 is 0 Å². The first-order valence-corrected chi connectivity index (χ1v) is 3.71. The molecule has 0 aromatic rings. The topological polar surface area (TPSA) is 159 Å². The Labute approximate surface area is 84.0 Å². The third-order valence-electron chi connectivity index (χ3n) is 1.65. The molecule has 0 spiro atoms. The SMILES string of the molecule is CC(=CC(O)C(O)(O)C(O)(O)O)C(=O)O. The Morgan fingerprint density at radius 3 is 1.87 bits per heavy atom. The number of aliphatic carboxylic acids is 1. The van der Waals surface area contributed by atoms with Gasteiger partial charge in [0.1, 0.15) is 6.10 Å². The van der Waals surface area contributed by atoms with Crippen molar-refractivity contribution in [3.63, 3.8) is 0 Å². The van der Waals surface area contributed by atoms with E-state index in [0.29, 0.717) is 6.08 Å². The van der Waals surface area contributed by atoms with Crippen LogP contribution in [-0.2, 0) is 4.79 Å². The third kappa shape index (κ3) is 3.23. The molecule has 88 valence electrons. The molecule has 0 aromatic heterocycles. The molecule has 0 heterocycles. The largest absolute Gasteiger partial charge is 0.478 e. The molecule has 8 nitrogen and oxygen atoms in total. The van der Waals surface area contributed by atoms with Crippen molar-refractivity contribution in [3.8, 4) is 0 Å². The summed E-state index contributed by atoms with van der Waals surface area (Å²) in [7, 11) is 0. The normalized spacial score (nSPS) is 16.3. The highest BCUT2D eigenvalue weighted by atomic mass is 16.7. The second-order valence-corrected chi connectivity index (χ2v) is 2.96. The molecule has 0 aliphatic rings. The number of carboxylic acid groups (broad SMARTS) is 1. The monoisotopic (exact) mass is 224 g/mol. The lowest BCUT2D eigenvalue weighted by molar-refractivity contribution is -0.459. The summed E-state index contributed by atoms with van der Waals surface area (Å²) >= 11 is 0. The summed E-state index contributed by atoms with van der Waals surface area (Å²) in [5.74, 6) is -9.14. The highest BCUT2D eigenvalue weighted by molar-refractivity contribution is 5.85. The molecule has 0 aliphatic heterocycles. The summed E-state index contributed by atoms with van der Waals surface area (Å²) < 4.78 is 0.